The van der Waals surface area contributed by atoms with Crippen LogP contribution in [0.15, 0.2) is 42.5 Å². The molecule has 1 unspecified atom stereocenters. The van der Waals surface area contributed by atoms with E-state index >= 15 is 0 Å². The summed E-state index contributed by atoms with van der Waals surface area (Å²) >= 11 is 6.38. The van der Waals surface area contributed by atoms with Crippen molar-refractivity contribution in [3.63, 3.8) is 0 Å². The van der Waals surface area contributed by atoms with Gasteiger partial charge in [0.2, 0.25) is 18.6 Å². The predicted octanol–water partition coefficient (Wildman–Crippen LogP) is 4.87. The van der Waals surface area contributed by atoms with Gasteiger partial charge in [-0.15, -0.1) is 0 Å². The van der Waals surface area contributed by atoms with Gasteiger partial charge in [-0.25, -0.2) is 0 Å². The van der Waals surface area contributed by atoms with Crippen molar-refractivity contribution in [2.75, 3.05) is 6.79 Å². The normalized spacial score (nSPS) is 16.3. The van der Waals surface area contributed by atoms with Gasteiger partial charge in [0.1, 0.15) is 6.04 Å². The number of hydrogen-bond donors (Lipinski definition) is 1. The Morgan fingerprint density at radius 2 is 1.85 bits per heavy atom. The molecule has 2 aromatic rings. The number of halogens is 1. The minimum Gasteiger partial charge on any atom is -0.454 e. The Morgan fingerprint density at radius 1 is 1.09 bits per heavy atom. The molecule has 7 heteroatoms. The van der Waals surface area contributed by atoms with E-state index in [4.69, 9.17) is 21.1 Å². The molecule has 0 saturated heterocycles. The SMILES string of the molecule is CC(C(=O)NC1CCCCC1)N(Cc1ccccc1Cl)C(=O)CCc1ccc2c(c1)OCO2. The molecule has 1 N–H and O–H groups in total. The first-order valence-electron chi connectivity index (χ1n) is 11.7. The summed E-state index contributed by atoms with van der Waals surface area (Å²) in [6.45, 7) is 2.31. The zero-order valence-electron chi connectivity index (χ0n) is 19.0. The highest BCUT2D eigenvalue weighted by molar-refractivity contribution is 6.31. The van der Waals surface area contributed by atoms with Crippen molar-refractivity contribution in [2.24, 2.45) is 0 Å². The summed E-state index contributed by atoms with van der Waals surface area (Å²) in [4.78, 5) is 28.1. The van der Waals surface area contributed by atoms with Crippen LogP contribution in [0.2, 0.25) is 5.02 Å². The van der Waals surface area contributed by atoms with Gasteiger partial charge in [0.25, 0.3) is 0 Å². The second-order valence-electron chi connectivity index (χ2n) is 8.82. The summed E-state index contributed by atoms with van der Waals surface area (Å²) in [6.07, 6.45) is 6.33. The van der Waals surface area contributed by atoms with Crippen molar-refractivity contribution in [1.82, 2.24) is 10.2 Å². The molecular formula is C26H31ClN2O4. The molecule has 1 fully saturated rings. The molecule has 33 heavy (non-hydrogen) atoms. The van der Waals surface area contributed by atoms with E-state index in [0.29, 0.717) is 23.7 Å². The molecule has 2 aliphatic rings. The highest BCUT2D eigenvalue weighted by Gasteiger charge is 2.28. The maximum absolute atomic E-state index is 13.4. The number of aryl methyl sites for hydroxylation is 1. The topological polar surface area (TPSA) is 67.9 Å². The van der Waals surface area contributed by atoms with Crippen molar-refractivity contribution >= 4 is 23.4 Å². The minimum atomic E-state index is -0.590. The second kappa shape index (κ2) is 10.9. The van der Waals surface area contributed by atoms with Crippen molar-refractivity contribution in [3.05, 3.63) is 58.6 Å². The van der Waals surface area contributed by atoms with Gasteiger partial charge in [0.05, 0.1) is 0 Å². The lowest BCUT2D eigenvalue weighted by atomic mass is 9.95. The lowest BCUT2D eigenvalue weighted by Gasteiger charge is -2.31. The number of carbonyl (C=O) groups excluding carboxylic acids is 2. The lowest BCUT2D eigenvalue weighted by Crippen LogP contribution is -2.50. The smallest absolute Gasteiger partial charge is 0.242 e. The number of rotatable bonds is 8. The van der Waals surface area contributed by atoms with E-state index in [1.165, 1.54) is 6.42 Å². The second-order valence-corrected chi connectivity index (χ2v) is 9.23. The third-order valence-electron chi connectivity index (χ3n) is 6.48. The Kier molecular flexibility index (Phi) is 7.76. The van der Waals surface area contributed by atoms with Crippen LogP contribution < -0.4 is 14.8 Å². The van der Waals surface area contributed by atoms with Crippen LogP contribution in [-0.4, -0.2) is 35.6 Å². The minimum absolute atomic E-state index is 0.0844. The molecular weight excluding hydrogens is 440 g/mol. The Bertz CT molecular complexity index is 990. The molecule has 0 radical (unpaired) electrons. The van der Waals surface area contributed by atoms with E-state index < -0.39 is 6.04 Å². The molecule has 0 aromatic heterocycles. The first-order valence-corrected chi connectivity index (χ1v) is 12.1. The quantitative estimate of drug-likeness (QED) is 0.597. The van der Waals surface area contributed by atoms with E-state index in [-0.39, 0.29) is 31.1 Å². The van der Waals surface area contributed by atoms with Crippen molar-refractivity contribution in [1.29, 1.82) is 0 Å². The zero-order chi connectivity index (χ0) is 23.2. The van der Waals surface area contributed by atoms with Crippen LogP contribution in [0.4, 0.5) is 0 Å². The lowest BCUT2D eigenvalue weighted by molar-refractivity contribution is -0.141. The molecule has 0 spiro atoms. The predicted molar refractivity (Wildman–Crippen MR) is 127 cm³/mol. The van der Waals surface area contributed by atoms with Crippen LogP contribution in [0.3, 0.4) is 0 Å². The summed E-state index contributed by atoms with van der Waals surface area (Å²) in [5, 5.41) is 3.75. The van der Waals surface area contributed by atoms with E-state index in [1.807, 2.05) is 36.4 Å². The van der Waals surface area contributed by atoms with Crippen LogP contribution >= 0.6 is 11.6 Å². The van der Waals surface area contributed by atoms with Crippen LogP contribution in [0, 0.1) is 0 Å². The van der Waals surface area contributed by atoms with Crippen LogP contribution in [0.1, 0.15) is 56.6 Å². The summed E-state index contributed by atoms with van der Waals surface area (Å²) in [7, 11) is 0. The van der Waals surface area contributed by atoms with E-state index in [2.05, 4.69) is 5.32 Å². The van der Waals surface area contributed by atoms with Gasteiger partial charge in [-0.1, -0.05) is 55.1 Å². The fourth-order valence-corrected chi connectivity index (χ4v) is 4.65. The number of hydrogen-bond acceptors (Lipinski definition) is 4. The number of nitrogens with zero attached hydrogens (tertiary/aromatic N) is 1. The molecule has 4 rings (SSSR count). The van der Waals surface area contributed by atoms with Crippen LogP contribution in [0.5, 0.6) is 11.5 Å². The number of amides is 2. The summed E-state index contributed by atoms with van der Waals surface area (Å²) in [5.41, 5.74) is 1.82. The number of fused-ring (bicyclic) bond motifs is 1. The van der Waals surface area contributed by atoms with E-state index in [0.717, 1.165) is 42.6 Å². The van der Waals surface area contributed by atoms with Crippen molar-refractivity contribution in [2.45, 2.75) is 70.5 Å². The monoisotopic (exact) mass is 470 g/mol. The third-order valence-corrected chi connectivity index (χ3v) is 6.85. The Labute approximate surface area is 200 Å². The Balaban J connectivity index is 1.45. The van der Waals surface area contributed by atoms with Gasteiger partial charge in [-0.2, -0.15) is 0 Å². The first kappa shape index (κ1) is 23.4. The fraction of sp³-hybridized carbons (Fsp3) is 0.462. The molecule has 176 valence electrons. The molecule has 1 aliphatic carbocycles. The van der Waals surface area contributed by atoms with Gasteiger partial charge in [-0.3, -0.25) is 9.59 Å². The molecule has 6 nitrogen and oxygen atoms in total. The standard InChI is InChI=1S/C26H31ClN2O4/c1-18(26(31)28-21-8-3-2-4-9-21)29(16-20-7-5-6-10-22(20)27)25(30)14-12-19-11-13-23-24(15-19)33-17-32-23/h5-7,10-11,13,15,18,21H,2-4,8-9,12,14,16-17H2,1H3,(H,28,31). The first-order chi connectivity index (χ1) is 16.0. The molecule has 2 aromatic carbocycles. The summed E-state index contributed by atoms with van der Waals surface area (Å²) in [6, 6.07) is 12.8. The van der Waals surface area contributed by atoms with Gasteiger partial charge in [0, 0.05) is 24.0 Å². The fourth-order valence-electron chi connectivity index (χ4n) is 4.45. The van der Waals surface area contributed by atoms with Crippen molar-refractivity contribution < 1.29 is 19.1 Å². The van der Waals surface area contributed by atoms with E-state index in [9.17, 15) is 9.59 Å². The summed E-state index contributed by atoms with van der Waals surface area (Å²) in [5.74, 6) is 1.23. The van der Waals surface area contributed by atoms with Crippen LogP contribution in [0.25, 0.3) is 0 Å². The molecule has 2 amide bonds. The maximum Gasteiger partial charge on any atom is 0.242 e. The highest BCUT2D eigenvalue weighted by atomic mass is 35.5. The molecule has 0 bridgehead atoms. The number of carbonyl (C=O) groups is 2. The van der Waals surface area contributed by atoms with Crippen LogP contribution in [-0.2, 0) is 22.6 Å². The zero-order valence-corrected chi connectivity index (χ0v) is 19.8. The van der Waals surface area contributed by atoms with Gasteiger partial charge in [-0.05, 0) is 55.5 Å². The van der Waals surface area contributed by atoms with Gasteiger partial charge >= 0.3 is 0 Å². The number of nitrogens with one attached hydrogen (secondary N) is 1. The Hall–Kier alpha value is -2.73. The number of ether oxygens (including phenoxy) is 2. The highest BCUT2D eigenvalue weighted by Crippen LogP contribution is 2.33. The molecule has 1 aliphatic heterocycles. The maximum atomic E-state index is 13.4. The van der Waals surface area contributed by atoms with Gasteiger partial charge < -0.3 is 19.7 Å². The van der Waals surface area contributed by atoms with Crippen molar-refractivity contribution in [3.8, 4) is 11.5 Å². The number of benzene rings is 2. The van der Waals surface area contributed by atoms with Gasteiger partial charge in [0.15, 0.2) is 11.5 Å². The average molecular weight is 471 g/mol. The largest absolute Gasteiger partial charge is 0.454 e. The van der Waals surface area contributed by atoms with E-state index in [1.54, 1.807) is 17.9 Å². The Morgan fingerprint density at radius 3 is 2.64 bits per heavy atom. The summed E-state index contributed by atoms with van der Waals surface area (Å²) < 4.78 is 10.8. The molecule has 1 saturated carbocycles. The molecule has 1 heterocycles. The molecule has 1 atom stereocenters. The average Bonchev–Trinajstić information content (AvgIpc) is 3.30. The third kappa shape index (κ3) is 5.99.